The number of hydrogen-bond donors (Lipinski definition) is 1. The highest BCUT2D eigenvalue weighted by Crippen LogP contribution is 2.08. The number of hydrogen-bond acceptors (Lipinski definition) is 2. The van der Waals surface area contributed by atoms with Crippen molar-refractivity contribution in [3.8, 4) is 0 Å². The summed E-state index contributed by atoms with van der Waals surface area (Å²) >= 11 is 0. The first-order valence-electron chi connectivity index (χ1n) is 6.08. The molecule has 1 aliphatic heterocycles. The van der Waals surface area contributed by atoms with Gasteiger partial charge in [-0.05, 0) is 36.7 Å². The Labute approximate surface area is 106 Å². The minimum Gasteiger partial charge on any atom is -0.338 e. The van der Waals surface area contributed by atoms with E-state index in [9.17, 15) is 9.18 Å². The molecule has 1 aromatic rings. The maximum absolute atomic E-state index is 12.7. The molecule has 0 aromatic heterocycles. The van der Waals surface area contributed by atoms with Gasteiger partial charge in [0.2, 0.25) is 5.91 Å². The largest absolute Gasteiger partial charge is 0.338 e. The lowest BCUT2D eigenvalue weighted by Crippen LogP contribution is -2.37. The zero-order valence-corrected chi connectivity index (χ0v) is 10.4. The molecule has 0 aliphatic carbocycles. The van der Waals surface area contributed by atoms with Crippen LogP contribution in [-0.4, -0.2) is 37.0 Å². The lowest BCUT2D eigenvalue weighted by molar-refractivity contribution is -0.126. The number of carbonyl (C=O) groups excluding carboxylic acids is 1. The maximum Gasteiger partial charge on any atom is 0.246 e. The highest BCUT2D eigenvalue weighted by Gasteiger charge is 2.21. The van der Waals surface area contributed by atoms with Crippen molar-refractivity contribution in [2.24, 2.45) is 0 Å². The van der Waals surface area contributed by atoms with Gasteiger partial charge in [-0.15, -0.1) is 0 Å². The van der Waals surface area contributed by atoms with Crippen molar-refractivity contribution in [2.75, 3.05) is 20.1 Å². The van der Waals surface area contributed by atoms with Gasteiger partial charge in [-0.1, -0.05) is 12.1 Å². The van der Waals surface area contributed by atoms with Crippen molar-refractivity contribution < 1.29 is 9.18 Å². The van der Waals surface area contributed by atoms with Crippen molar-refractivity contribution in [1.82, 2.24) is 10.2 Å². The molecule has 0 bridgehead atoms. The Morgan fingerprint density at radius 2 is 2.17 bits per heavy atom. The second-order valence-electron chi connectivity index (χ2n) is 4.48. The molecule has 0 spiro atoms. The van der Waals surface area contributed by atoms with Gasteiger partial charge in [0.1, 0.15) is 5.82 Å². The molecule has 18 heavy (non-hydrogen) atoms. The smallest absolute Gasteiger partial charge is 0.246 e. The molecule has 1 N–H and O–H groups in total. The second kappa shape index (κ2) is 5.78. The van der Waals surface area contributed by atoms with Gasteiger partial charge in [-0.3, -0.25) is 4.79 Å². The monoisotopic (exact) mass is 248 g/mol. The van der Waals surface area contributed by atoms with Crippen molar-refractivity contribution in [1.29, 1.82) is 0 Å². The molecule has 4 heteroatoms. The molecular weight excluding hydrogens is 231 g/mol. The number of nitrogens with zero attached hydrogens (tertiary/aromatic N) is 1. The van der Waals surface area contributed by atoms with Crippen LogP contribution in [0.3, 0.4) is 0 Å². The van der Waals surface area contributed by atoms with Crippen LogP contribution in [0.2, 0.25) is 0 Å². The Morgan fingerprint density at radius 1 is 1.44 bits per heavy atom. The third-order valence-electron chi connectivity index (χ3n) is 3.22. The predicted molar refractivity (Wildman–Crippen MR) is 69.5 cm³/mol. The van der Waals surface area contributed by atoms with Gasteiger partial charge in [-0.25, -0.2) is 4.39 Å². The first-order chi connectivity index (χ1) is 8.66. The number of amides is 1. The fourth-order valence-electron chi connectivity index (χ4n) is 2.01. The van der Waals surface area contributed by atoms with Gasteiger partial charge in [-0.2, -0.15) is 0 Å². The van der Waals surface area contributed by atoms with Gasteiger partial charge in [0.15, 0.2) is 0 Å². The molecule has 1 amide bonds. The minimum atomic E-state index is -0.271. The Kier molecular flexibility index (Phi) is 4.10. The summed E-state index contributed by atoms with van der Waals surface area (Å²) in [7, 11) is 1.81. The number of benzene rings is 1. The summed E-state index contributed by atoms with van der Waals surface area (Å²) in [6, 6.07) is 6.34. The van der Waals surface area contributed by atoms with Gasteiger partial charge in [0, 0.05) is 25.7 Å². The summed E-state index contributed by atoms with van der Waals surface area (Å²) in [5.41, 5.74) is 0.822. The molecule has 0 saturated carbocycles. The van der Waals surface area contributed by atoms with Gasteiger partial charge in [0.05, 0.1) is 0 Å². The van der Waals surface area contributed by atoms with Crippen LogP contribution in [0.25, 0.3) is 6.08 Å². The standard InChI is InChI=1S/C14H17FN2O/c1-17(13-8-9-16-10-13)14(18)7-4-11-2-5-12(15)6-3-11/h2-7,13,16H,8-10H2,1H3. The van der Waals surface area contributed by atoms with Crippen molar-refractivity contribution in [2.45, 2.75) is 12.5 Å². The summed E-state index contributed by atoms with van der Waals surface area (Å²) < 4.78 is 12.7. The van der Waals surface area contributed by atoms with E-state index < -0.39 is 0 Å². The lowest BCUT2D eigenvalue weighted by Gasteiger charge is -2.22. The van der Waals surface area contributed by atoms with Crippen LogP contribution in [-0.2, 0) is 4.79 Å². The second-order valence-corrected chi connectivity index (χ2v) is 4.48. The SMILES string of the molecule is CN(C(=O)C=Cc1ccc(F)cc1)C1CCNC1. The maximum atomic E-state index is 12.7. The highest BCUT2D eigenvalue weighted by atomic mass is 19.1. The normalized spacial score (nSPS) is 19.3. The van der Waals surface area contributed by atoms with E-state index in [0.29, 0.717) is 0 Å². The van der Waals surface area contributed by atoms with Crippen LogP contribution < -0.4 is 5.32 Å². The Bertz CT molecular complexity index is 436. The van der Waals surface area contributed by atoms with Crippen molar-refractivity contribution in [3.63, 3.8) is 0 Å². The number of nitrogens with one attached hydrogen (secondary N) is 1. The topological polar surface area (TPSA) is 32.3 Å². The van der Waals surface area contributed by atoms with E-state index in [2.05, 4.69) is 5.32 Å². The molecule has 1 aliphatic rings. The average Bonchev–Trinajstić information content (AvgIpc) is 2.90. The Morgan fingerprint density at radius 3 is 2.78 bits per heavy atom. The quantitative estimate of drug-likeness (QED) is 0.825. The van der Waals surface area contributed by atoms with Crippen LogP contribution in [0.15, 0.2) is 30.3 Å². The first kappa shape index (κ1) is 12.8. The van der Waals surface area contributed by atoms with Crippen LogP contribution in [0.5, 0.6) is 0 Å². The number of carbonyl (C=O) groups is 1. The molecule has 1 heterocycles. The van der Waals surface area contributed by atoms with E-state index in [1.165, 1.54) is 18.2 Å². The molecule has 96 valence electrons. The molecule has 3 nitrogen and oxygen atoms in total. The number of likely N-dealkylation sites (N-methyl/N-ethyl adjacent to an activating group) is 1. The summed E-state index contributed by atoms with van der Waals surface area (Å²) in [5, 5.41) is 3.23. The fraction of sp³-hybridized carbons (Fsp3) is 0.357. The molecule has 0 radical (unpaired) electrons. The summed E-state index contributed by atoms with van der Waals surface area (Å²) in [6.07, 6.45) is 4.23. The third-order valence-corrected chi connectivity index (χ3v) is 3.22. The van der Waals surface area contributed by atoms with Crippen LogP contribution >= 0.6 is 0 Å². The van der Waals surface area contributed by atoms with Gasteiger partial charge < -0.3 is 10.2 Å². The van der Waals surface area contributed by atoms with Gasteiger partial charge in [0.25, 0.3) is 0 Å². The van der Waals surface area contributed by atoms with E-state index >= 15 is 0 Å². The molecule has 1 atom stereocenters. The Balaban J connectivity index is 1.95. The molecule has 2 rings (SSSR count). The van der Waals surface area contributed by atoms with E-state index in [4.69, 9.17) is 0 Å². The average molecular weight is 248 g/mol. The van der Waals surface area contributed by atoms with E-state index in [-0.39, 0.29) is 17.8 Å². The highest BCUT2D eigenvalue weighted by molar-refractivity contribution is 5.91. The summed E-state index contributed by atoms with van der Waals surface area (Å²) in [6.45, 7) is 1.82. The van der Waals surface area contributed by atoms with Crippen LogP contribution in [0, 0.1) is 5.82 Å². The first-order valence-corrected chi connectivity index (χ1v) is 6.08. The number of rotatable bonds is 3. The van der Waals surface area contributed by atoms with Crippen LogP contribution in [0.4, 0.5) is 4.39 Å². The molecule has 1 saturated heterocycles. The fourth-order valence-corrected chi connectivity index (χ4v) is 2.01. The van der Waals surface area contributed by atoms with Crippen molar-refractivity contribution in [3.05, 3.63) is 41.7 Å². The van der Waals surface area contributed by atoms with E-state index in [1.807, 2.05) is 7.05 Å². The molecule has 1 unspecified atom stereocenters. The van der Waals surface area contributed by atoms with E-state index in [1.54, 1.807) is 23.1 Å². The molecule has 1 aromatic carbocycles. The lowest BCUT2D eigenvalue weighted by atomic mass is 10.2. The Hall–Kier alpha value is -1.68. The van der Waals surface area contributed by atoms with Gasteiger partial charge >= 0.3 is 0 Å². The van der Waals surface area contributed by atoms with Crippen molar-refractivity contribution >= 4 is 12.0 Å². The van der Waals surface area contributed by atoms with E-state index in [0.717, 1.165) is 25.1 Å². The zero-order valence-electron chi connectivity index (χ0n) is 10.4. The number of halogens is 1. The molecular formula is C14H17FN2O. The summed E-state index contributed by atoms with van der Waals surface area (Å²) in [5.74, 6) is -0.291. The minimum absolute atomic E-state index is 0.0203. The van der Waals surface area contributed by atoms with Crippen LogP contribution in [0.1, 0.15) is 12.0 Å². The zero-order chi connectivity index (χ0) is 13.0. The predicted octanol–water partition coefficient (Wildman–Crippen LogP) is 1.66. The summed E-state index contributed by atoms with van der Waals surface area (Å²) in [4.78, 5) is 13.7. The molecule has 1 fully saturated rings. The third kappa shape index (κ3) is 3.17.